The standard InChI is InChI=1S/C13H22N2O3/c1-10-13(12(3)16)11(2)15(14-10)6-5-7-18-9-8-17-4/h5-9H2,1-4H3. The second kappa shape index (κ2) is 7.28. The molecular formula is C13H22N2O3. The summed E-state index contributed by atoms with van der Waals surface area (Å²) in [7, 11) is 1.66. The molecule has 1 heterocycles. The molecule has 0 N–H and O–H groups in total. The number of carbonyl (C=O) groups excluding carboxylic acids is 1. The highest BCUT2D eigenvalue weighted by atomic mass is 16.5. The van der Waals surface area contributed by atoms with E-state index >= 15 is 0 Å². The number of ketones is 1. The summed E-state index contributed by atoms with van der Waals surface area (Å²) in [6.45, 7) is 8.07. The molecule has 0 amide bonds. The fourth-order valence-corrected chi connectivity index (χ4v) is 1.98. The van der Waals surface area contributed by atoms with Gasteiger partial charge in [-0.2, -0.15) is 5.10 Å². The molecule has 0 unspecified atom stereocenters. The fraction of sp³-hybridized carbons (Fsp3) is 0.692. The molecule has 0 radical (unpaired) electrons. The van der Waals surface area contributed by atoms with Crippen LogP contribution in [0.1, 0.15) is 35.1 Å². The Labute approximate surface area is 108 Å². The summed E-state index contributed by atoms with van der Waals surface area (Å²) in [4.78, 5) is 11.5. The Hall–Kier alpha value is -1.20. The molecule has 102 valence electrons. The molecule has 0 saturated heterocycles. The van der Waals surface area contributed by atoms with Crippen molar-refractivity contribution in [1.82, 2.24) is 9.78 Å². The van der Waals surface area contributed by atoms with Crippen molar-refractivity contribution in [3.63, 3.8) is 0 Å². The van der Waals surface area contributed by atoms with Gasteiger partial charge in [-0.3, -0.25) is 9.48 Å². The minimum atomic E-state index is 0.0765. The molecule has 1 aromatic heterocycles. The summed E-state index contributed by atoms with van der Waals surface area (Å²) < 4.78 is 12.2. The van der Waals surface area contributed by atoms with Crippen LogP contribution in [-0.2, 0) is 16.0 Å². The molecule has 0 atom stereocenters. The summed E-state index contributed by atoms with van der Waals surface area (Å²) in [5.41, 5.74) is 2.49. The molecule has 1 rings (SSSR count). The maximum absolute atomic E-state index is 11.5. The van der Waals surface area contributed by atoms with Gasteiger partial charge in [-0.1, -0.05) is 0 Å². The van der Waals surface area contributed by atoms with Gasteiger partial charge in [0.1, 0.15) is 0 Å². The number of rotatable bonds is 8. The first kappa shape index (κ1) is 14.9. The Kier molecular flexibility index (Phi) is 6.01. The van der Waals surface area contributed by atoms with Crippen LogP contribution in [0.4, 0.5) is 0 Å². The number of hydrogen-bond acceptors (Lipinski definition) is 4. The molecule has 0 aliphatic carbocycles. The zero-order valence-electron chi connectivity index (χ0n) is 11.7. The van der Waals surface area contributed by atoms with Crippen molar-refractivity contribution in [3.05, 3.63) is 17.0 Å². The maximum Gasteiger partial charge on any atom is 0.163 e. The van der Waals surface area contributed by atoms with Crippen LogP contribution in [0.3, 0.4) is 0 Å². The van der Waals surface area contributed by atoms with Gasteiger partial charge in [-0.15, -0.1) is 0 Å². The van der Waals surface area contributed by atoms with Crippen molar-refractivity contribution in [2.75, 3.05) is 26.9 Å². The molecule has 0 spiro atoms. The second-order valence-electron chi connectivity index (χ2n) is 4.28. The van der Waals surface area contributed by atoms with Gasteiger partial charge >= 0.3 is 0 Å². The third-order valence-corrected chi connectivity index (χ3v) is 2.82. The number of hydrogen-bond donors (Lipinski definition) is 0. The van der Waals surface area contributed by atoms with Crippen LogP contribution in [-0.4, -0.2) is 42.5 Å². The summed E-state index contributed by atoms with van der Waals surface area (Å²) in [5.74, 6) is 0.0765. The second-order valence-corrected chi connectivity index (χ2v) is 4.28. The third kappa shape index (κ3) is 3.92. The summed E-state index contributed by atoms with van der Waals surface area (Å²) >= 11 is 0. The van der Waals surface area contributed by atoms with Crippen LogP contribution in [0.15, 0.2) is 0 Å². The summed E-state index contributed by atoms with van der Waals surface area (Å²) in [6, 6.07) is 0. The highest BCUT2D eigenvalue weighted by Crippen LogP contribution is 2.13. The molecule has 5 heteroatoms. The van der Waals surface area contributed by atoms with Crippen molar-refractivity contribution in [1.29, 1.82) is 0 Å². The number of ether oxygens (including phenoxy) is 2. The monoisotopic (exact) mass is 254 g/mol. The predicted molar refractivity (Wildman–Crippen MR) is 69.0 cm³/mol. The van der Waals surface area contributed by atoms with E-state index in [1.807, 2.05) is 18.5 Å². The number of carbonyl (C=O) groups is 1. The van der Waals surface area contributed by atoms with E-state index in [1.54, 1.807) is 14.0 Å². The van der Waals surface area contributed by atoms with E-state index < -0.39 is 0 Å². The minimum absolute atomic E-state index is 0.0765. The maximum atomic E-state index is 11.5. The van der Waals surface area contributed by atoms with E-state index in [-0.39, 0.29) is 5.78 Å². The predicted octanol–water partition coefficient (Wildman–Crippen LogP) is 1.76. The first-order valence-corrected chi connectivity index (χ1v) is 6.19. The van der Waals surface area contributed by atoms with Crippen LogP contribution in [0.25, 0.3) is 0 Å². The van der Waals surface area contributed by atoms with E-state index in [2.05, 4.69) is 5.10 Å². The van der Waals surface area contributed by atoms with Crippen LogP contribution < -0.4 is 0 Å². The summed E-state index contributed by atoms with van der Waals surface area (Å²) in [5, 5.41) is 4.38. The van der Waals surface area contributed by atoms with Crippen LogP contribution >= 0.6 is 0 Å². The van der Waals surface area contributed by atoms with Gasteiger partial charge in [0.2, 0.25) is 0 Å². The molecule has 0 fully saturated rings. The molecule has 0 bridgehead atoms. The van der Waals surface area contributed by atoms with Gasteiger partial charge in [0.15, 0.2) is 5.78 Å². The Morgan fingerprint density at radius 2 is 2.00 bits per heavy atom. The number of aryl methyl sites for hydroxylation is 2. The highest BCUT2D eigenvalue weighted by Gasteiger charge is 2.14. The van der Waals surface area contributed by atoms with Gasteiger partial charge in [0.05, 0.1) is 24.5 Å². The largest absolute Gasteiger partial charge is 0.382 e. The molecule has 18 heavy (non-hydrogen) atoms. The highest BCUT2D eigenvalue weighted by molar-refractivity contribution is 5.96. The van der Waals surface area contributed by atoms with Gasteiger partial charge in [-0.25, -0.2) is 0 Å². The van der Waals surface area contributed by atoms with E-state index in [0.717, 1.165) is 29.9 Å². The molecule has 0 saturated carbocycles. The SMILES string of the molecule is COCCOCCCn1nc(C)c(C(C)=O)c1C. The average molecular weight is 254 g/mol. The number of Topliss-reactive ketones (excluding diaryl/α,β-unsaturated/α-hetero) is 1. The molecule has 1 aromatic rings. The lowest BCUT2D eigenvalue weighted by molar-refractivity contribution is 0.0676. The third-order valence-electron chi connectivity index (χ3n) is 2.82. The van der Waals surface area contributed by atoms with Crippen molar-refractivity contribution in [3.8, 4) is 0 Å². The van der Waals surface area contributed by atoms with Gasteiger partial charge in [0.25, 0.3) is 0 Å². The van der Waals surface area contributed by atoms with Crippen LogP contribution in [0.2, 0.25) is 0 Å². The van der Waals surface area contributed by atoms with Crippen molar-refractivity contribution in [2.45, 2.75) is 33.7 Å². The first-order valence-electron chi connectivity index (χ1n) is 6.19. The Morgan fingerprint density at radius 3 is 2.56 bits per heavy atom. The smallest absolute Gasteiger partial charge is 0.163 e. The lowest BCUT2D eigenvalue weighted by Gasteiger charge is -2.06. The minimum Gasteiger partial charge on any atom is -0.382 e. The quantitative estimate of drug-likeness (QED) is 0.524. The zero-order chi connectivity index (χ0) is 13.5. The van der Waals surface area contributed by atoms with Crippen molar-refractivity contribution >= 4 is 5.78 Å². The Morgan fingerprint density at radius 1 is 1.28 bits per heavy atom. The fourth-order valence-electron chi connectivity index (χ4n) is 1.98. The van der Waals surface area contributed by atoms with Gasteiger partial charge < -0.3 is 9.47 Å². The number of aromatic nitrogens is 2. The van der Waals surface area contributed by atoms with Gasteiger partial charge in [-0.05, 0) is 27.2 Å². The van der Waals surface area contributed by atoms with E-state index in [4.69, 9.17) is 9.47 Å². The molecular weight excluding hydrogens is 232 g/mol. The van der Waals surface area contributed by atoms with E-state index in [1.165, 1.54) is 0 Å². The van der Waals surface area contributed by atoms with Gasteiger partial charge in [0, 0.05) is 26.0 Å². The molecule has 0 aromatic carbocycles. The number of methoxy groups -OCH3 is 1. The lowest BCUT2D eigenvalue weighted by Crippen LogP contribution is -2.08. The normalized spacial score (nSPS) is 10.9. The first-order chi connectivity index (χ1) is 8.57. The number of nitrogens with zero attached hydrogens (tertiary/aromatic N) is 2. The zero-order valence-corrected chi connectivity index (χ0v) is 11.7. The van der Waals surface area contributed by atoms with Crippen LogP contribution in [0.5, 0.6) is 0 Å². The van der Waals surface area contributed by atoms with E-state index in [9.17, 15) is 4.79 Å². The summed E-state index contributed by atoms with van der Waals surface area (Å²) in [6.07, 6.45) is 0.878. The Balaban J connectivity index is 2.44. The van der Waals surface area contributed by atoms with Crippen LogP contribution in [0, 0.1) is 13.8 Å². The molecule has 0 aliphatic heterocycles. The Bertz CT molecular complexity index is 399. The molecule has 5 nitrogen and oxygen atoms in total. The van der Waals surface area contributed by atoms with E-state index in [0.29, 0.717) is 19.8 Å². The van der Waals surface area contributed by atoms with Crippen molar-refractivity contribution < 1.29 is 14.3 Å². The molecule has 0 aliphatic rings. The average Bonchev–Trinajstić information content (AvgIpc) is 2.59. The van der Waals surface area contributed by atoms with Crippen molar-refractivity contribution in [2.24, 2.45) is 0 Å². The lowest BCUT2D eigenvalue weighted by atomic mass is 10.1. The topological polar surface area (TPSA) is 53.4 Å².